The molecule has 33 heavy (non-hydrogen) atoms. The van der Waals surface area contributed by atoms with Crippen molar-refractivity contribution in [2.24, 2.45) is 5.92 Å². The van der Waals surface area contributed by atoms with Gasteiger partial charge in [-0.15, -0.1) is 11.3 Å². The fourth-order valence-corrected chi connectivity index (χ4v) is 6.59. The number of thiophene rings is 1. The summed E-state index contributed by atoms with van der Waals surface area (Å²) < 4.78 is 5.42. The average Bonchev–Trinajstić information content (AvgIpc) is 3.64. The summed E-state index contributed by atoms with van der Waals surface area (Å²) in [7, 11) is 1.62. The molecule has 1 unspecified atom stereocenters. The van der Waals surface area contributed by atoms with Crippen LogP contribution in [-0.2, 0) is 12.8 Å². The van der Waals surface area contributed by atoms with Crippen LogP contribution in [0.5, 0.6) is 5.75 Å². The lowest BCUT2D eigenvalue weighted by atomic mass is 9.89. The third-order valence-electron chi connectivity index (χ3n) is 7.30. The van der Waals surface area contributed by atoms with E-state index in [-0.39, 0.29) is 5.91 Å². The number of aromatic nitrogens is 2. The zero-order valence-electron chi connectivity index (χ0n) is 19.3. The quantitative estimate of drug-likeness (QED) is 0.564. The van der Waals surface area contributed by atoms with Crippen molar-refractivity contribution < 1.29 is 9.53 Å². The van der Waals surface area contributed by atoms with Gasteiger partial charge in [-0.25, -0.2) is 9.97 Å². The van der Waals surface area contributed by atoms with Crippen LogP contribution in [0.25, 0.3) is 10.2 Å². The van der Waals surface area contributed by atoms with Gasteiger partial charge >= 0.3 is 0 Å². The van der Waals surface area contributed by atoms with Crippen molar-refractivity contribution in [1.29, 1.82) is 0 Å². The van der Waals surface area contributed by atoms with Crippen molar-refractivity contribution in [2.45, 2.75) is 44.9 Å². The van der Waals surface area contributed by atoms with Gasteiger partial charge in [-0.1, -0.05) is 19.1 Å². The Bertz CT molecular complexity index is 1210. The fourth-order valence-electron chi connectivity index (χ4n) is 5.21. The molecule has 1 amide bonds. The summed E-state index contributed by atoms with van der Waals surface area (Å²) in [6.07, 6.45) is 5.93. The SMILES string of the molecule is COc1ccccc1C(=O)N1CCN(c2nc(C3CC3)nc3sc4c(c23)CCC(C)C4)CC1. The Kier molecular flexibility index (Phi) is 5.24. The van der Waals surface area contributed by atoms with E-state index in [4.69, 9.17) is 14.7 Å². The van der Waals surface area contributed by atoms with Crippen molar-refractivity contribution in [3.8, 4) is 5.75 Å². The molecule has 1 atom stereocenters. The van der Waals surface area contributed by atoms with Crippen LogP contribution in [-0.4, -0.2) is 54.1 Å². The molecule has 0 bridgehead atoms. The molecule has 3 aromatic rings. The van der Waals surface area contributed by atoms with Gasteiger partial charge in [0.05, 0.1) is 18.1 Å². The van der Waals surface area contributed by atoms with Crippen molar-refractivity contribution in [2.75, 3.05) is 38.2 Å². The van der Waals surface area contributed by atoms with E-state index in [1.54, 1.807) is 7.11 Å². The second-order valence-corrected chi connectivity index (χ2v) is 10.8. The van der Waals surface area contributed by atoms with E-state index < -0.39 is 0 Å². The number of benzene rings is 1. The number of hydrogen-bond acceptors (Lipinski definition) is 6. The first-order valence-electron chi connectivity index (χ1n) is 12.1. The normalized spacial score (nSPS) is 20.7. The standard InChI is InChI=1S/C26H30N4O2S/c1-16-7-10-19-21(15-16)33-25-22(19)24(27-23(28-25)17-8-9-17)29-11-13-30(14-12-29)26(31)18-5-3-4-6-20(18)32-2/h3-6,16-17H,7-15H2,1-2H3. The van der Waals surface area contributed by atoms with Crippen LogP contribution < -0.4 is 9.64 Å². The lowest BCUT2D eigenvalue weighted by Crippen LogP contribution is -2.49. The van der Waals surface area contributed by atoms with E-state index in [0.717, 1.165) is 43.5 Å². The highest BCUT2D eigenvalue weighted by Crippen LogP contribution is 2.44. The minimum absolute atomic E-state index is 0.0421. The number of methoxy groups -OCH3 is 1. The highest BCUT2D eigenvalue weighted by atomic mass is 32.1. The molecule has 1 aromatic carbocycles. The van der Waals surface area contributed by atoms with Crippen molar-refractivity contribution in [3.63, 3.8) is 0 Å². The molecule has 1 saturated carbocycles. The van der Waals surface area contributed by atoms with E-state index >= 15 is 0 Å². The largest absolute Gasteiger partial charge is 0.496 e. The van der Waals surface area contributed by atoms with Crippen molar-refractivity contribution >= 4 is 33.3 Å². The molecule has 0 spiro atoms. The number of amides is 1. The van der Waals surface area contributed by atoms with Gasteiger partial charge in [0, 0.05) is 37.0 Å². The van der Waals surface area contributed by atoms with Gasteiger partial charge in [-0.05, 0) is 55.7 Å². The molecule has 7 heteroatoms. The predicted molar refractivity (Wildman–Crippen MR) is 132 cm³/mol. The van der Waals surface area contributed by atoms with Crippen LogP contribution in [0.1, 0.15) is 58.7 Å². The topological polar surface area (TPSA) is 58.6 Å². The molecule has 3 heterocycles. The minimum Gasteiger partial charge on any atom is -0.496 e. The molecule has 0 radical (unpaired) electrons. The van der Waals surface area contributed by atoms with E-state index in [0.29, 0.717) is 30.3 Å². The molecule has 0 N–H and O–H groups in total. The highest BCUT2D eigenvalue weighted by Gasteiger charge is 2.33. The summed E-state index contributed by atoms with van der Waals surface area (Å²) in [5, 5.41) is 1.29. The van der Waals surface area contributed by atoms with Crippen molar-refractivity contribution in [3.05, 3.63) is 46.1 Å². The van der Waals surface area contributed by atoms with E-state index in [1.807, 2.05) is 40.5 Å². The van der Waals surface area contributed by atoms with E-state index in [1.165, 1.54) is 39.9 Å². The Hall–Kier alpha value is -2.67. The monoisotopic (exact) mass is 462 g/mol. The second kappa shape index (κ2) is 8.28. The van der Waals surface area contributed by atoms with Crippen LogP contribution in [0.4, 0.5) is 5.82 Å². The van der Waals surface area contributed by atoms with Crippen LogP contribution >= 0.6 is 11.3 Å². The molecular weight excluding hydrogens is 432 g/mol. The Morgan fingerprint density at radius 2 is 1.88 bits per heavy atom. The van der Waals surface area contributed by atoms with E-state index in [2.05, 4.69) is 11.8 Å². The molecule has 2 aliphatic carbocycles. The van der Waals surface area contributed by atoms with Gasteiger partial charge in [0.15, 0.2) is 0 Å². The number of carbonyl (C=O) groups excluding carboxylic acids is 1. The molecule has 3 aliphatic rings. The molecule has 6 nitrogen and oxygen atoms in total. The third-order valence-corrected chi connectivity index (χ3v) is 8.45. The van der Waals surface area contributed by atoms with Gasteiger partial charge in [0.1, 0.15) is 22.2 Å². The summed E-state index contributed by atoms with van der Waals surface area (Å²) in [4.78, 5) is 30.4. The zero-order valence-corrected chi connectivity index (χ0v) is 20.2. The van der Waals surface area contributed by atoms with Gasteiger partial charge < -0.3 is 14.5 Å². The van der Waals surface area contributed by atoms with Gasteiger partial charge in [-0.2, -0.15) is 0 Å². The maximum absolute atomic E-state index is 13.2. The number of rotatable bonds is 4. The number of piperazine rings is 1. The smallest absolute Gasteiger partial charge is 0.257 e. The average molecular weight is 463 g/mol. The van der Waals surface area contributed by atoms with Crippen LogP contribution in [0, 0.1) is 5.92 Å². The van der Waals surface area contributed by atoms with Gasteiger partial charge in [0.25, 0.3) is 5.91 Å². The Morgan fingerprint density at radius 3 is 2.64 bits per heavy atom. The minimum atomic E-state index is 0.0421. The lowest BCUT2D eigenvalue weighted by Gasteiger charge is -2.36. The predicted octanol–water partition coefficient (Wildman–Crippen LogP) is 4.66. The number of aryl methyl sites for hydroxylation is 1. The Balaban J connectivity index is 1.29. The van der Waals surface area contributed by atoms with Crippen LogP contribution in [0.3, 0.4) is 0 Å². The summed E-state index contributed by atoms with van der Waals surface area (Å²) in [5.74, 6) is 4.08. The molecule has 172 valence electrons. The number of carbonyl (C=O) groups is 1. The molecule has 1 saturated heterocycles. The first-order chi connectivity index (χ1) is 16.1. The van der Waals surface area contributed by atoms with Gasteiger partial charge in [0.2, 0.25) is 0 Å². The maximum Gasteiger partial charge on any atom is 0.257 e. The molecule has 2 aromatic heterocycles. The first kappa shape index (κ1) is 20.9. The molecule has 1 aliphatic heterocycles. The van der Waals surface area contributed by atoms with Gasteiger partial charge in [-0.3, -0.25) is 4.79 Å². The Morgan fingerprint density at radius 1 is 1.09 bits per heavy atom. The number of nitrogens with zero attached hydrogens (tertiary/aromatic N) is 4. The Labute approximate surface area is 198 Å². The van der Waals surface area contributed by atoms with Crippen LogP contribution in [0.15, 0.2) is 24.3 Å². The summed E-state index contributed by atoms with van der Waals surface area (Å²) >= 11 is 1.89. The summed E-state index contributed by atoms with van der Waals surface area (Å²) in [6, 6.07) is 7.49. The fraction of sp³-hybridized carbons (Fsp3) is 0.500. The van der Waals surface area contributed by atoms with Crippen molar-refractivity contribution in [1.82, 2.24) is 14.9 Å². The first-order valence-corrected chi connectivity index (χ1v) is 12.9. The number of para-hydroxylation sites is 1. The second-order valence-electron chi connectivity index (χ2n) is 9.69. The van der Waals surface area contributed by atoms with Crippen LogP contribution in [0.2, 0.25) is 0 Å². The third kappa shape index (κ3) is 3.76. The number of hydrogen-bond donors (Lipinski definition) is 0. The van der Waals surface area contributed by atoms with E-state index in [9.17, 15) is 4.79 Å². The lowest BCUT2D eigenvalue weighted by molar-refractivity contribution is 0.0743. The number of anilines is 1. The number of ether oxygens (including phenoxy) is 1. The number of fused-ring (bicyclic) bond motifs is 3. The summed E-state index contributed by atoms with van der Waals surface area (Å²) in [6.45, 7) is 5.30. The molecular formula is C26H30N4O2S. The maximum atomic E-state index is 13.2. The molecule has 6 rings (SSSR count). The zero-order chi connectivity index (χ0) is 22.5. The molecule has 2 fully saturated rings. The highest BCUT2D eigenvalue weighted by molar-refractivity contribution is 7.19. The summed E-state index contributed by atoms with van der Waals surface area (Å²) in [5.41, 5.74) is 2.12.